The van der Waals surface area contributed by atoms with Crippen molar-refractivity contribution < 1.29 is 9.53 Å². The molecule has 0 aromatic heterocycles. The van der Waals surface area contributed by atoms with Crippen LogP contribution in [0.2, 0.25) is 0 Å². The van der Waals surface area contributed by atoms with Gasteiger partial charge >= 0.3 is 0 Å². The number of carbonyl (C=O) groups is 1. The zero-order valence-corrected chi connectivity index (χ0v) is 10.7. The van der Waals surface area contributed by atoms with Gasteiger partial charge < -0.3 is 4.74 Å². The fraction of sp³-hybridized carbons (Fsp3) is 0.353. The first-order valence-electron chi connectivity index (χ1n) is 7.00. The van der Waals surface area contributed by atoms with Crippen LogP contribution in [0.25, 0.3) is 10.8 Å². The van der Waals surface area contributed by atoms with E-state index < -0.39 is 0 Å². The molecule has 2 saturated heterocycles. The van der Waals surface area contributed by atoms with Crippen LogP contribution in [-0.4, -0.2) is 18.0 Å². The Bertz CT molecular complexity index is 641. The third-order valence-corrected chi connectivity index (χ3v) is 4.50. The maximum Gasteiger partial charge on any atom is 0.169 e. The quantitative estimate of drug-likeness (QED) is 0.763. The largest absolute Gasteiger partial charge is 0.374 e. The Labute approximate surface area is 112 Å². The standard InChI is InChI=1S/C17H16O2/c18-17(15-10-12-8-9-16(15)19-12)14-7-3-5-11-4-1-2-6-13(11)14/h1-7,12,15-16H,8-10H2. The minimum absolute atomic E-state index is 0.0737. The summed E-state index contributed by atoms with van der Waals surface area (Å²) >= 11 is 0. The van der Waals surface area contributed by atoms with Crippen molar-refractivity contribution in [2.75, 3.05) is 0 Å². The van der Waals surface area contributed by atoms with Crippen LogP contribution >= 0.6 is 0 Å². The molecule has 0 N–H and O–H groups in total. The lowest BCUT2D eigenvalue weighted by molar-refractivity contribution is 0.0744. The average Bonchev–Trinajstić information content (AvgIpc) is 3.08. The van der Waals surface area contributed by atoms with Crippen LogP contribution in [0.4, 0.5) is 0 Å². The van der Waals surface area contributed by atoms with E-state index >= 15 is 0 Å². The Morgan fingerprint density at radius 2 is 1.89 bits per heavy atom. The summed E-state index contributed by atoms with van der Waals surface area (Å²) in [4.78, 5) is 12.8. The van der Waals surface area contributed by atoms with E-state index in [1.807, 2.05) is 30.3 Å². The molecule has 0 spiro atoms. The van der Waals surface area contributed by atoms with Crippen LogP contribution in [-0.2, 0) is 4.74 Å². The zero-order valence-electron chi connectivity index (χ0n) is 10.7. The summed E-state index contributed by atoms with van der Waals surface area (Å²) < 4.78 is 5.82. The molecule has 0 radical (unpaired) electrons. The number of ether oxygens (including phenoxy) is 1. The van der Waals surface area contributed by atoms with E-state index in [0.717, 1.165) is 35.6 Å². The molecule has 3 atom stereocenters. The Kier molecular flexibility index (Phi) is 2.46. The Hall–Kier alpha value is -1.67. The first-order chi connectivity index (χ1) is 9.33. The van der Waals surface area contributed by atoms with Crippen molar-refractivity contribution in [3.05, 3.63) is 48.0 Å². The maximum atomic E-state index is 12.8. The van der Waals surface area contributed by atoms with Gasteiger partial charge in [-0.2, -0.15) is 0 Å². The van der Waals surface area contributed by atoms with Gasteiger partial charge in [-0.1, -0.05) is 42.5 Å². The fourth-order valence-electron chi connectivity index (χ4n) is 3.55. The molecule has 2 heterocycles. The van der Waals surface area contributed by atoms with Gasteiger partial charge in [-0.25, -0.2) is 0 Å². The second kappa shape index (κ2) is 4.17. The van der Waals surface area contributed by atoms with Gasteiger partial charge in [0.25, 0.3) is 0 Å². The van der Waals surface area contributed by atoms with Crippen molar-refractivity contribution in [2.24, 2.45) is 5.92 Å². The van der Waals surface area contributed by atoms with Crippen molar-refractivity contribution in [1.29, 1.82) is 0 Å². The Morgan fingerprint density at radius 3 is 2.68 bits per heavy atom. The van der Waals surface area contributed by atoms with Crippen LogP contribution in [0.1, 0.15) is 29.6 Å². The molecule has 3 unspecified atom stereocenters. The smallest absolute Gasteiger partial charge is 0.169 e. The van der Waals surface area contributed by atoms with E-state index in [9.17, 15) is 4.79 Å². The number of Topliss-reactive ketones (excluding diaryl/α,β-unsaturated/α-hetero) is 1. The van der Waals surface area contributed by atoms with Crippen LogP contribution in [0.15, 0.2) is 42.5 Å². The predicted molar refractivity (Wildman–Crippen MR) is 74.3 cm³/mol. The van der Waals surface area contributed by atoms with E-state index in [1.54, 1.807) is 0 Å². The van der Waals surface area contributed by atoms with Gasteiger partial charge in [0.1, 0.15) is 0 Å². The maximum absolute atomic E-state index is 12.8. The summed E-state index contributed by atoms with van der Waals surface area (Å²) in [5, 5.41) is 2.20. The van der Waals surface area contributed by atoms with E-state index in [1.165, 1.54) is 0 Å². The highest BCUT2D eigenvalue weighted by molar-refractivity contribution is 6.09. The normalized spacial score (nSPS) is 28.9. The molecular weight excluding hydrogens is 236 g/mol. The van der Waals surface area contributed by atoms with Gasteiger partial charge in [0, 0.05) is 5.56 Å². The zero-order chi connectivity index (χ0) is 12.8. The predicted octanol–water partition coefficient (Wildman–Crippen LogP) is 3.59. The highest BCUT2D eigenvalue weighted by Crippen LogP contribution is 2.40. The number of carbonyl (C=O) groups excluding carboxylic acids is 1. The summed E-state index contributed by atoms with van der Waals surface area (Å²) in [6.45, 7) is 0. The number of rotatable bonds is 2. The summed E-state index contributed by atoms with van der Waals surface area (Å²) in [7, 11) is 0. The van der Waals surface area contributed by atoms with Crippen LogP contribution in [0.5, 0.6) is 0 Å². The highest BCUT2D eigenvalue weighted by atomic mass is 16.5. The molecule has 0 saturated carbocycles. The second-order valence-electron chi connectivity index (χ2n) is 5.61. The minimum Gasteiger partial charge on any atom is -0.374 e. The molecule has 2 aliphatic rings. The van der Waals surface area contributed by atoms with E-state index in [0.29, 0.717) is 6.10 Å². The second-order valence-corrected chi connectivity index (χ2v) is 5.61. The molecule has 2 bridgehead atoms. The first-order valence-corrected chi connectivity index (χ1v) is 7.00. The molecule has 2 aromatic rings. The molecule has 4 rings (SSSR count). The van der Waals surface area contributed by atoms with E-state index in [4.69, 9.17) is 4.74 Å². The lowest BCUT2D eigenvalue weighted by Gasteiger charge is -2.18. The third-order valence-electron chi connectivity index (χ3n) is 4.50. The number of hydrogen-bond donors (Lipinski definition) is 0. The van der Waals surface area contributed by atoms with Gasteiger partial charge in [-0.3, -0.25) is 4.79 Å². The van der Waals surface area contributed by atoms with Gasteiger partial charge in [-0.05, 0) is 30.0 Å². The summed E-state index contributed by atoms with van der Waals surface area (Å²) in [6.07, 6.45) is 3.58. The van der Waals surface area contributed by atoms with Crippen molar-refractivity contribution >= 4 is 16.6 Å². The van der Waals surface area contributed by atoms with Crippen LogP contribution in [0, 0.1) is 5.92 Å². The Balaban J connectivity index is 1.76. The molecule has 19 heavy (non-hydrogen) atoms. The molecule has 2 aromatic carbocycles. The lowest BCUT2D eigenvalue weighted by Crippen LogP contribution is -2.25. The summed E-state index contributed by atoms with van der Waals surface area (Å²) in [5.74, 6) is 0.341. The summed E-state index contributed by atoms with van der Waals surface area (Å²) in [6, 6.07) is 14.1. The molecule has 2 aliphatic heterocycles. The van der Waals surface area contributed by atoms with Crippen LogP contribution in [0.3, 0.4) is 0 Å². The topological polar surface area (TPSA) is 26.3 Å². The molecule has 0 aliphatic carbocycles. The number of fused-ring (bicyclic) bond motifs is 3. The summed E-state index contributed by atoms with van der Waals surface area (Å²) in [5.41, 5.74) is 0.860. The van der Waals surface area contributed by atoms with Crippen molar-refractivity contribution in [3.8, 4) is 0 Å². The van der Waals surface area contributed by atoms with Crippen molar-refractivity contribution in [1.82, 2.24) is 0 Å². The molecular formula is C17H16O2. The lowest BCUT2D eigenvalue weighted by atomic mass is 9.83. The van der Waals surface area contributed by atoms with Gasteiger partial charge in [0.05, 0.1) is 18.1 Å². The molecule has 2 fully saturated rings. The van der Waals surface area contributed by atoms with Crippen molar-refractivity contribution in [2.45, 2.75) is 31.5 Å². The van der Waals surface area contributed by atoms with E-state index in [2.05, 4.69) is 12.1 Å². The van der Waals surface area contributed by atoms with Gasteiger partial charge in [-0.15, -0.1) is 0 Å². The molecule has 0 amide bonds. The highest BCUT2D eigenvalue weighted by Gasteiger charge is 2.44. The molecule has 2 nitrogen and oxygen atoms in total. The van der Waals surface area contributed by atoms with Crippen LogP contribution < -0.4 is 0 Å². The SMILES string of the molecule is O=C(c1cccc2ccccc12)C1CC2CCC1O2. The average molecular weight is 252 g/mol. The van der Waals surface area contributed by atoms with Gasteiger partial charge in [0.15, 0.2) is 5.78 Å². The van der Waals surface area contributed by atoms with E-state index in [-0.39, 0.29) is 17.8 Å². The molecule has 2 heteroatoms. The first kappa shape index (κ1) is 11.2. The van der Waals surface area contributed by atoms with Crippen molar-refractivity contribution in [3.63, 3.8) is 0 Å². The number of ketones is 1. The minimum atomic E-state index is 0.0737. The number of hydrogen-bond acceptors (Lipinski definition) is 2. The fourth-order valence-corrected chi connectivity index (χ4v) is 3.55. The third kappa shape index (κ3) is 1.71. The van der Waals surface area contributed by atoms with Gasteiger partial charge in [0.2, 0.25) is 0 Å². The Morgan fingerprint density at radius 1 is 1.05 bits per heavy atom. The monoisotopic (exact) mass is 252 g/mol. The molecule has 96 valence electrons. The number of benzene rings is 2.